The molecular formula is C25H14F6N2O3. The first-order chi connectivity index (χ1) is 16.9. The van der Waals surface area contributed by atoms with Crippen LogP contribution in [0, 0.1) is 0 Å². The SMILES string of the molecule is O=C1C(=O)c2ccccc2C(O)=C1C(=Nc1cccc(C(F)(F)F)c1)Nc1cccc(C(F)(F)F)c1. The Morgan fingerprint density at radius 3 is 1.94 bits per heavy atom. The number of anilines is 1. The highest BCUT2D eigenvalue weighted by Gasteiger charge is 2.36. The fourth-order valence-electron chi connectivity index (χ4n) is 3.52. The van der Waals surface area contributed by atoms with E-state index in [1.54, 1.807) is 0 Å². The minimum absolute atomic E-state index is 0.0420. The molecule has 2 N–H and O–H groups in total. The number of aliphatic hydroxyl groups is 1. The summed E-state index contributed by atoms with van der Waals surface area (Å²) in [6, 6.07) is 12.9. The van der Waals surface area contributed by atoms with Gasteiger partial charge in [-0.2, -0.15) is 26.3 Å². The number of halogens is 6. The Bertz CT molecular complexity index is 1440. The largest absolute Gasteiger partial charge is 0.506 e. The highest BCUT2D eigenvalue weighted by Crippen LogP contribution is 2.34. The number of benzene rings is 3. The Morgan fingerprint density at radius 2 is 1.31 bits per heavy atom. The Morgan fingerprint density at radius 1 is 0.722 bits per heavy atom. The second-order valence-corrected chi connectivity index (χ2v) is 7.64. The minimum atomic E-state index is -4.73. The van der Waals surface area contributed by atoms with E-state index >= 15 is 0 Å². The maximum atomic E-state index is 13.2. The average molecular weight is 504 g/mol. The molecule has 0 radical (unpaired) electrons. The summed E-state index contributed by atoms with van der Waals surface area (Å²) in [4.78, 5) is 29.6. The molecule has 0 heterocycles. The lowest BCUT2D eigenvalue weighted by atomic mass is 9.87. The molecule has 11 heteroatoms. The standard InChI is InChI=1S/C25H14F6N2O3/c26-24(27,28)13-5-3-7-15(11-13)32-23(33-16-8-4-6-14(12-16)25(29,30)31)19-20(34)17-9-1-2-10-18(17)21(35)22(19)36/h1-12,34H,(H,32,33). The van der Waals surface area contributed by atoms with Crippen LogP contribution in [-0.4, -0.2) is 22.5 Å². The van der Waals surface area contributed by atoms with Gasteiger partial charge in [0.15, 0.2) is 0 Å². The van der Waals surface area contributed by atoms with Crippen molar-refractivity contribution in [3.8, 4) is 0 Å². The van der Waals surface area contributed by atoms with Crippen molar-refractivity contribution in [2.24, 2.45) is 4.99 Å². The van der Waals surface area contributed by atoms with Gasteiger partial charge in [0.05, 0.1) is 16.8 Å². The third-order valence-corrected chi connectivity index (χ3v) is 5.20. The quantitative estimate of drug-likeness (QED) is 0.182. The predicted octanol–water partition coefficient (Wildman–Crippen LogP) is 6.60. The molecule has 0 atom stereocenters. The fourth-order valence-corrected chi connectivity index (χ4v) is 3.52. The van der Waals surface area contributed by atoms with Crippen LogP contribution in [-0.2, 0) is 17.1 Å². The van der Waals surface area contributed by atoms with Crippen LogP contribution in [0.3, 0.4) is 0 Å². The number of rotatable bonds is 3. The summed E-state index contributed by atoms with van der Waals surface area (Å²) in [5.74, 6) is -3.59. The van der Waals surface area contributed by atoms with Crippen LogP contribution in [0.5, 0.6) is 0 Å². The van der Waals surface area contributed by atoms with E-state index in [4.69, 9.17) is 0 Å². The summed E-state index contributed by atoms with van der Waals surface area (Å²) in [5, 5.41) is 13.3. The van der Waals surface area contributed by atoms with Crippen LogP contribution in [0.4, 0.5) is 37.7 Å². The lowest BCUT2D eigenvalue weighted by Gasteiger charge is -2.20. The van der Waals surface area contributed by atoms with Crippen molar-refractivity contribution in [1.82, 2.24) is 0 Å². The van der Waals surface area contributed by atoms with E-state index in [9.17, 15) is 41.0 Å². The zero-order valence-electron chi connectivity index (χ0n) is 17.9. The molecule has 36 heavy (non-hydrogen) atoms. The van der Waals surface area contributed by atoms with E-state index in [1.165, 1.54) is 30.3 Å². The number of Topliss-reactive ketones (excluding diaryl/α,β-unsaturated/α-hetero) is 2. The van der Waals surface area contributed by atoms with Gasteiger partial charge in [-0.15, -0.1) is 0 Å². The molecule has 184 valence electrons. The van der Waals surface area contributed by atoms with E-state index in [1.807, 2.05) is 0 Å². The summed E-state index contributed by atoms with van der Waals surface area (Å²) in [6.45, 7) is 0. The lowest BCUT2D eigenvalue weighted by Crippen LogP contribution is -2.31. The molecule has 5 nitrogen and oxygen atoms in total. The zero-order chi connectivity index (χ0) is 26.3. The summed E-state index contributed by atoms with van der Waals surface area (Å²) in [6.07, 6.45) is -9.44. The maximum Gasteiger partial charge on any atom is 0.416 e. The third-order valence-electron chi connectivity index (χ3n) is 5.20. The number of alkyl halides is 6. The number of fused-ring (bicyclic) bond motifs is 1. The molecule has 3 aromatic rings. The van der Waals surface area contributed by atoms with Crippen molar-refractivity contribution in [1.29, 1.82) is 0 Å². The molecule has 0 saturated carbocycles. The molecule has 0 spiro atoms. The number of carbonyl (C=O) groups is 2. The normalized spacial score (nSPS) is 14.7. The molecule has 0 saturated heterocycles. The molecule has 0 fully saturated rings. The van der Waals surface area contributed by atoms with Crippen molar-refractivity contribution in [2.75, 3.05) is 5.32 Å². The monoisotopic (exact) mass is 504 g/mol. The van der Waals surface area contributed by atoms with Gasteiger partial charge < -0.3 is 10.4 Å². The number of aliphatic hydroxyl groups excluding tert-OH is 1. The van der Waals surface area contributed by atoms with Crippen LogP contribution in [0.15, 0.2) is 83.4 Å². The van der Waals surface area contributed by atoms with Crippen LogP contribution in [0.1, 0.15) is 27.0 Å². The van der Waals surface area contributed by atoms with Gasteiger partial charge in [-0.3, -0.25) is 9.59 Å². The van der Waals surface area contributed by atoms with Gasteiger partial charge >= 0.3 is 12.4 Å². The molecule has 0 amide bonds. The number of nitrogens with one attached hydrogen (secondary N) is 1. The van der Waals surface area contributed by atoms with E-state index < -0.39 is 52.2 Å². The first-order valence-electron chi connectivity index (χ1n) is 10.2. The van der Waals surface area contributed by atoms with Crippen molar-refractivity contribution < 1.29 is 41.0 Å². The Kier molecular flexibility index (Phi) is 6.17. The fraction of sp³-hybridized carbons (Fsp3) is 0.0800. The molecule has 4 rings (SSSR count). The van der Waals surface area contributed by atoms with Crippen molar-refractivity contribution >= 4 is 34.5 Å². The van der Waals surface area contributed by atoms with E-state index in [-0.39, 0.29) is 22.5 Å². The highest BCUT2D eigenvalue weighted by atomic mass is 19.4. The van der Waals surface area contributed by atoms with Crippen LogP contribution < -0.4 is 5.32 Å². The van der Waals surface area contributed by atoms with Gasteiger partial charge in [0.25, 0.3) is 0 Å². The number of hydrogen-bond donors (Lipinski definition) is 2. The number of aliphatic imine (C=N–C) groups is 1. The number of ketones is 2. The maximum absolute atomic E-state index is 13.2. The number of amidine groups is 1. The number of hydrogen-bond acceptors (Lipinski definition) is 4. The summed E-state index contributed by atoms with van der Waals surface area (Å²) in [5.41, 5.74) is -3.56. The third kappa shape index (κ3) is 4.85. The van der Waals surface area contributed by atoms with E-state index in [0.717, 1.165) is 30.3 Å². The second kappa shape index (κ2) is 8.99. The number of carbonyl (C=O) groups excluding carboxylic acids is 2. The lowest BCUT2D eigenvalue weighted by molar-refractivity contribution is -0.138. The smallest absolute Gasteiger partial charge is 0.416 e. The van der Waals surface area contributed by atoms with E-state index in [0.29, 0.717) is 12.1 Å². The van der Waals surface area contributed by atoms with Crippen LogP contribution in [0.25, 0.3) is 5.76 Å². The molecule has 0 aliphatic heterocycles. The Balaban J connectivity index is 1.91. The zero-order valence-corrected chi connectivity index (χ0v) is 17.9. The Hall–Kier alpha value is -4.41. The van der Waals surface area contributed by atoms with Crippen molar-refractivity contribution in [3.63, 3.8) is 0 Å². The van der Waals surface area contributed by atoms with Crippen molar-refractivity contribution in [3.05, 3.63) is 101 Å². The molecule has 1 aliphatic rings. The second-order valence-electron chi connectivity index (χ2n) is 7.64. The first-order valence-corrected chi connectivity index (χ1v) is 10.2. The van der Waals surface area contributed by atoms with Crippen LogP contribution in [0.2, 0.25) is 0 Å². The highest BCUT2D eigenvalue weighted by molar-refractivity contribution is 6.58. The van der Waals surface area contributed by atoms with Gasteiger partial charge in [-0.1, -0.05) is 36.4 Å². The molecule has 3 aromatic carbocycles. The van der Waals surface area contributed by atoms with Gasteiger partial charge in [-0.25, -0.2) is 4.99 Å². The average Bonchev–Trinajstić information content (AvgIpc) is 2.82. The first kappa shape index (κ1) is 24.7. The number of nitrogens with zero attached hydrogens (tertiary/aromatic N) is 1. The molecular weight excluding hydrogens is 490 g/mol. The van der Waals surface area contributed by atoms with Gasteiger partial charge in [0.1, 0.15) is 17.2 Å². The van der Waals surface area contributed by atoms with Crippen molar-refractivity contribution in [2.45, 2.75) is 12.4 Å². The minimum Gasteiger partial charge on any atom is -0.506 e. The summed E-state index contributed by atoms with van der Waals surface area (Å²) >= 11 is 0. The predicted molar refractivity (Wildman–Crippen MR) is 119 cm³/mol. The molecule has 0 bridgehead atoms. The Labute approximate surface area is 199 Å². The molecule has 0 unspecified atom stereocenters. The molecule has 1 aliphatic carbocycles. The van der Waals surface area contributed by atoms with Gasteiger partial charge in [0, 0.05) is 16.8 Å². The molecule has 0 aromatic heterocycles. The topological polar surface area (TPSA) is 78.8 Å². The van der Waals surface area contributed by atoms with Crippen LogP contribution >= 0.6 is 0 Å². The summed E-state index contributed by atoms with van der Waals surface area (Å²) in [7, 11) is 0. The van der Waals surface area contributed by atoms with Gasteiger partial charge in [-0.05, 0) is 36.4 Å². The van der Waals surface area contributed by atoms with E-state index in [2.05, 4.69) is 10.3 Å². The summed E-state index contributed by atoms with van der Waals surface area (Å²) < 4.78 is 79.1. The van der Waals surface area contributed by atoms with Gasteiger partial charge in [0.2, 0.25) is 11.6 Å².